The Kier molecular flexibility index (Phi) is 26.0. The average molecular weight is 982 g/mol. The number of hydrogen-bond donors (Lipinski definition) is 13. The fraction of sp³-hybridized carbons (Fsp3) is 0.884. The predicted octanol–water partition coefficient (Wildman–Crippen LogP) is -1.76. The molecule has 0 aromatic carbocycles. The van der Waals surface area contributed by atoms with Crippen molar-refractivity contribution in [2.45, 2.75) is 214 Å². The van der Waals surface area contributed by atoms with Gasteiger partial charge in [0.25, 0.3) is 5.79 Å². The molecule has 2 amide bonds. The number of carboxylic acids is 1. The third-order valence-electron chi connectivity index (χ3n) is 12.2. The van der Waals surface area contributed by atoms with E-state index in [0.717, 1.165) is 39.5 Å². The molecule has 392 valence electrons. The highest BCUT2D eigenvalue weighted by Gasteiger charge is 2.57. The van der Waals surface area contributed by atoms with E-state index in [1.807, 2.05) is 0 Å². The molecule has 3 heterocycles. The number of aliphatic hydroxyl groups excluding tert-OH is 10. The van der Waals surface area contributed by atoms with Crippen molar-refractivity contribution < 1.29 is 99.0 Å². The van der Waals surface area contributed by atoms with Gasteiger partial charge in [-0.05, 0) is 18.4 Å². The van der Waals surface area contributed by atoms with Crippen molar-refractivity contribution in [3.63, 3.8) is 0 Å². The zero-order valence-electron chi connectivity index (χ0n) is 38.9. The minimum absolute atomic E-state index is 0.491. The maximum Gasteiger partial charge on any atom is 0.364 e. The van der Waals surface area contributed by atoms with Crippen molar-refractivity contribution in [1.82, 2.24) is 10.6 Å². The molecule has 0 saturated carbocycles. The summed E-state index contributed by atoms with van der Waals surface area (Å²) >= 11 is 0. The Morgan fingerprint density at radius 3 is 1.97 bits per heavy atom. The summed E-state index contributed by atoms with van der Waals surface area (Å²) in [5.74, 6) is -6.21. The summed E-state index contributed by atoms with van der Waals surface area (Å²) in [4.78, 5) is 39.7. The van der Waals surface area contributed by atoms with E-state index in [1.165, 1.54) is 51.0 Å². The van der Waals surface area contributed by atoms with Crippen LogP contribution in [0.1, 0.15) is 104 Å². The minimum atomic E-state index is -2.89. The summed E-state index contributed by atoms with van der Waals surface area (Å²) in [6.45, 7) is 0.933. The number of carboxylic acid groups (broad SMARTS) is 1. The maximum atomic E-state index is 12.7. The van der Waals surface area contributed by atoms with E-state index >= 15 is 0 Å². The molecule has 0 spiro atoms. The van der Waals surface area contributed by atoms with E-state index in [1.54, 1.807) is 6.08 Å². The molecular formula is C43H75N5O20. The van der Waals surface area contributed by atoms with Gasteiger partial charge in [0.1, 0.15) is 67.1 Å². The Morgan fingerprint density at radius 1 is 0.824 bits per heavy atom. The van der Waals surface area contributed by atoms with E-state index in [0.29, 0.717) is 6.42 Å². The number of carbonyl (C=O) groups is 3. The topological polar surface area (TPSA) is 402 Å². The molecule has 25 heteroatoms. The van der Waals surface area contributed by atoms with E-state index in [-0.39, 0.29) is 0 Å². The van der Waals surface area contributed by atoms with Crippen molar-refractivity contribution in [3.8, 4) is 0 Å². The number of nitrogens with one attached hydrogen (secondary N) is 2. The summed E-state index contributed by atoms with van der Waals surface area (Å²) < 4.78 is 34.3. The highest BCUT2D eigenvalue weighted by atomic mass is 16.8. The molecule has 3 rings (SSSR count). The molecule has 13 N–H and O–H groups in total. The molecule has 68 heavy (non-hydrogen) atoms. The Balaban J connectivity index is 1.68. The number of ether oxygens (including phenoxy) is 6. The molecule has 0 aromatic heterocycles. The fourth-order valence-corrected chi connectivity index (χ4v) is 8.33. The largest absolute Gasteiger partial charge is 0.477 e. The highest BCUT2D eigenvalue weighted by molar-refractivity contribution is 5.76. The van der Waals surface area contributed by atoms with Crippen LogP contribution >= 0.6 is 0 Å². The lowest BCUT2D eigenvalue weighted by atomic mass is 9.88. The van der Waals surface area contributed by atoms with Crippen LogP contribution in [0.4, 0.5) is 0 Å². The number of aliphatic carboxylic acids is 1. The first-order chi connectivity index (χ1) is 32.4. The molecule has 0 unspecified atom stereocenters. The van der Waals surface area contributed by atoms with Crippen LogP contribution in [0, 0.1) is 0 Å². The average Bonchev–Trinajstić information content (AvgIpc) is 3.30. The number of allylic oxidation sites excluding steroid dienone is 1. The Bertz CT molecular complexity index is 1600. The van der Waals surface area contributed by atoms with Gasteiger partial charge in [-0.3, -0.25) is 9.59 Å². The quantitative estimate of drug-likeness (QED) is 0.0125. The first-order valence-corrected chi connectivity index (χ1v) is 23.4. The molecule has 3 aliphatic heterocycles. The van der Waals surface area contributed by atoms with Crippen LogP contribution in [0.25, 0.3) is 10.4 Å². The number of aliphatic hydroxyl groups is 10. The van der Waals surface area contributed by atoms with E-state index in [9.17, 15) is 76.1 Å². The van der Waals surface area contributed by atoms with E-state index in [2.05, 4.69) is 27.6 Å². The van der Waals surface area contributed by atoms with Crippen LogP contribution < -0.4 is 10.6 Å². The molecule has 0 aromatic rings. The molecular weight excluding hydrogens is 906 g/mol. The number of unbranched alkanes of at least 4 members (excludes halogenated alkanes) is 11. The SMILES string of the molecule is CCCCCCCCCCCCC/C=C/[C@@H](O)[C@H](CO[C@@H]1O[C@H](CO)[C@@H](O[C@@H]2O[C@H](CO[C@]3(C(=O)O)C[C@H](O)[C@@H](NC(C)=O)[C@H]([C@H](O)[C@H](O)CO)O3)[C@H](O)[C@H](O)[C@H]2O)[C@H](O)[C@H]1NC(C)=O)N=[N+]=[N-]. The smallest absolute Gasteiger partial charge is 0.364 e. The Labute approximate surface area is 394 Å². The monoisotopic (exact) mass is 982 g/mol. The zero-order valence-corrected chi connectivity index (χ0v) is 38.9. The lowest BCUT2D eigenvalue weighted by molar-refractivity contribution is -0.360. The van der Waals surface area contributed by atoms with Crippen molar-refractivity contribution in [1.29, 1.82) is 0 Å². The predicted molar refractivity (Wildman–Crippen MR) is 235 cm³/mol. The zero-order chi connectivity index (χ0) is 50.6. The molecule has 0 aliphatic carbocycles. The molecule has 0 radical (unpaired) electrons. The molecule has 3 fully saturated rings. The standard InChI is InChI=1S/C43H75N5O20/c1-4-5-6-7-8-9-10-11-12-13-14-15-16-17-26(53)25(47-48-44)21-63-40-32(46-24(3)52)35(58)38(29(20-50)65-40)67-41-37(60)36(59)34(57)30(66-41)22-64-43(42(61)62)18-27(54)31(45-23(2)51)39(68-43)33(56)28(55)19-49/h16-17,25-41,49-50,53-60H,4-15,18-22H2,1-3H3,(H,45,51)(H,46,52)(H,61,62)/b17-16+/t25-,26+,27-,28+,29+,30+,31+,32+,33+,34-,35+,36-,37+,38+,39+,40+,41-,43+/m0/s1. The number of rotatable bonds is 30. The van der Waals surface area contributed by atoms with Gasteiger partial charge in [-0.15, -0.1) is 0 Å². The maximum absolute atomic E-state index is 12.7. The van der Waals surface area contributed by atoms with Gasteiger partial charge in [0.15, 0.2) is 12.6 Å². The second kappa shape index (κ2) is 29.9. The number of amides is 2. The summed E-state index contributed by atoms with van der Waals surface area (Å²) in [6.07, 6.45) is -9.71. The van der Waals surface area contributed by atoms with Gasteiger partial charge in [0, 0.05) is 25.2 Å². The summed E-state index contributed by atoms with van der Waals surface area (Å²) in [7, 11) is 0. The van der Waals surface area contributed by atoms with Crippen LogP contribution in [0.5, 0.6) is 0 Å². The molecule has 3 aliphatic rings. The summed E-state index contributed by atoms with van der Waals surface area (Å²) in [5, 5.41) is 125. The van der Waals surface area contributed by atoms with Gasteiger partial charge in [-0.2, -0.15) is 0 Å². The number of azide groups is 1. The summed E-state index contributed by atoms with van der Waals surface area (Å²) in [5.41, 5.74) is 9.24. The van der Waals surface area contributed by atoms with Crippen molar-refractivity contribution in [2.75, 3.05) is 26.4 Å². The van der Waals surface area contributed by atoms with Crippen molar-refractivity contribution in [3.05, 3.63) is 22.6 Å². The normalized spacial score (nSPS) is 33.8. The molecule has 0 bridgehead atoms. The van der Waals surface area contributed by atoms with Crippen LogP contribution in [-0.4, -0.2) is 210 Å². The van der Waals surface area contributed by atoms with Gasteiger partial charge in [-0.1, -0.05) is 88.4 Å². The lowest BCUT2D eigenvalue weighted by Crippen LogP contribution is -2.69. The van der Waals surface area contributed by atoms with Crippen LogP contribution in [-0.2, 0) is 42.8 Å². The van der Waals surface area contributed by atoms with Crippen LogP contribution in [0.3, 0.4) is 0 Å². The van der Waals surface area contributed by atoms with Crippen molar-refractivity contribution in [2.24, 2.45) is 5.11 Å². The van der Waals surface area contributed by atoms with Gasteiger partial charge in [0.05, 0.1) is 50.7 Å². The highest BCUT2D eigenvalue weighted by Crippen LogP contribution is 2.36. The third kappa shape index (κ3) is 17.3. The van der Waals surface area contributed by atoms with E-state index < -0.39 is 160 Å². The minimum Gasteiger partial charge on any atom is -0.477 e. The second-order valence-corrected chi connectivity index (χ2v) is 17.6. The Morgan fingerprint density at radius 2 is 1.41 bits per heavy atom. The van der Waals surface area contributed by atoms with E-state index in [4.69, 9.17) is 28.4 Å². The fourth-order valence-electron chi connectivity index (χ4n) is 8.33. The van der Waals surface area contributed by atoms with Crippen LogP contribution in [0.15, 0.2) is 17.3 Å². The molecule has 25 nitrogen and oxygen atoms in total. The van der Waals surface area contributed by atoms with Gasteiger partial charge < -0.3 is 95.2 Å². The number of nitrogens with zero attached hydrogens (tertiary/aromatic N) is 3. The molecule has 18 atom stereocenters. The van der Waals surface area contributed by atoms with Crippen molar-refractivity contribution >= 4 is 17.8 Å². The molecule has 3 saturated heterocycles. The lowest BCUT2D eigenvalue weighted by Gasteiger charge is -2.48. The van der Waals surface area contributed by atoms with Gasteiger partial charge in [-0.25, -0.2) is 4.79 Å². The number of carbonyl (C=O) groups excluding carboxylic acids is 2. The van der Waals surface area contributed by atoms with Crippen LogP contribution in [0.2, 0.25) is 0 Å². The van der Waals surface area contributed by atoms with Gasteiger partial charge >= 0.3 is 5.97 Å². The second-order valence-electron chi connectivity index (χ2n) is 17.6. The number of hydrogen-bond acceptors (Lipinski definition) is 20. The first-order valence-electron chi connectivity index (χ1n) is 23.4. The Hall–Kier alpha value is -3.18. The third-order valence-corrected chi connectivity index (χ3v) is 12.2. The van der Waals surface area contributed by atoms with Gasteiger partial charge in [0.2, 0.25) is 11.8 Å². The summed E-state index contributed by atoms with van der Waals surface area (Å²) in [6, 6.07) is -4.21. The first kappa shape index (κ1) is 59.1.